The molecule has 0 aliphatic rings. The van der Waals surface area contributed by atoms with E-state index in [0.29, 0.717) is 17.8 Å². The first kappa shape index (κ1) is 17.8. The van der Waals surface area contributed by atoms with Crippen molar-refractivity contribution in [2.24, 2.45) is 0 Å². The molecule has 1 N–H and O–H groups in total. The highest BCUT2D eigenvalue weighted by Gasteiger charge is 2.32. The van der Waals surface area contributed by atoms with E-state index in [1.165, 1.54) is 23.1 Å². The Labute approximate surface area is 123 Å². The maximum absolute atomic E-state index is 13.4. The summed E-state index contributed by atoms with van der Waals surface area (Å²) in [4.78, 5) is 1.25. The van der Waals surface area contributed by atoms with Gasteiger partial charge in [-0.15, -0.1) is 0 Å². The van der Waals surface area contributed by atoms with E-state index in [0.717, 1.165) is 13.0 Å². The minimum absolute atomic E-state index is 0.331. The molecule has 0 unspecified atom stereocenters. The zero-order valence-electron chi connectivity index (χ0n) is 12.6. The third kappa shape index (κ3) is 5.91. The Bertz CT molecular complexity index is 444. The second-order valence-corrected chi connectivity index (χ2v) is 5.29. The van der Waals surface area contributed by atoms with Gasteiger partial charge in [0.05, 0.1) is 0 Å². The lowest BCUT2D eigenvalue weighted by Gasteiger charge is -2.31. The average Bonchev–Trinajstić information content (AvgIpc) is 2.36. The lowest BCUT2D eigenvalue weighted by molar-refractivity contribution is -0.120. The highest BCUT2D eigenvalue weighted by Crippen LogP contribution is 2.28. The Morgan fingerprint density at radius 1 is 1.24 bits per heavy atom. The highest BCUT2D eigenvalue weighted by atomic mass is 19.4. The van der Waals surface area contributed by atoms with Gasteiger partial charge in [-0.3, -0.25) is 0 Å². The fraction of sp³-hybridized carbons (Fsp3) is 0.600. The van der Waals surface area contributed by atoms with E-state index >= 15 is 0 Å². The molecule has 1 rings (SSSR count). The van der Waals surface area contributed by atoms with Crippen LogP contribution in [-0.2, 0) is 6.54 Å². The van der Waals surface area contributed by atoms with E-state index in [-0.39, 0.29) is 6.04 Å². The fourth-order valence-corrected chi connectivity index (χ4v) is 2.11. The van der Waals surface area contributed by atoms with Gasteiger partial charge in [-0.1, -0.05) is 6.92 Å². The SMILES string of the molecule is CCCNCc1cc(F)ccc1N(CC(F)(F)F)C(C)C. The van der Waals surface area contributed by atoms with Crippen LogP contribution in [0.15, 0.2) is 18.2 Å². The minimum atomic E-state index is -4.30. The second kappa shape index (κ2) is 7.64. The summed E-state index contributed by atoms with van der Waals surface area (Å²) in [6.45, 7) is 5.41. The van der Waals surface area contributed by atoms with Crippen molar-refractivity contribution in [1.29, 1.82) is 0 Å². The van der Waals surface area contributed by atoms with Gasteiger partial charge in [0.15, 0.2) is 0 Å². The molecule has 0 atom stereocenters. The van der Waals surface area contributed by atoms with Gasteiger partial charge in [0, 0.05) is 18.3 Å². The number of halogens is 4. The second-order valence-electron chi connectivity index (χ2n) is 5.29. The molecule has 0 spiro atoms. The molecule has 0 saturated carbocycles. The van der Waals surface area contributed by atoms with Gasteiger partial charge in [-0.05, 0) is 50.6 Å². The molecule has 6 heteroatoms. The van der Waals surface area contributed by atoms with Crippen molar-refractivity contribution in [1.82, 2.24) is 5.32 Å². The summed E-state index contributed by atoms with van der Waals surface area (Å²) in [6, 6.07) is 3.58. The summed E-state index contributed by atoms with van der Waals surface area (Å²) < 4.78 is 51.6. The van der Waals surface area contributed by atoms with Crippen LogP contribution < -0.4 is 10.2 Å². The van der Waals surface area contributed by atoms with Gasteiger partial charge >= 0.3 is 6.18 Å². The number of nitrogens with zero attached hydrogens (tertiary/aromatic N) is 1. The average molecular weight is 306 g/mol. The zero-order valence-corrected chi connectivity index (χ0v) is 12.6. The summed E-state index contributed by atoms with van der Waals surface area (Å²) in [5, 5.41) is 3.10. The van der Waals surface area contributed by atoms with Crippen LogP contribution in [0.25, 0.3) is 0 Å². The van der Waals surface area contributed by atoms with Gasteiger partial charge < -0.3 is 10.2 Å². The summed E-state index contributed by atoms with van der Waals surface area (Å²) in [5.74, 6) is -0.442. The quantitative estimate of drug-likeness (QED) is 0.602. The molecule has 0 fully saturated rings. The maximum atomic E-state index is 13.4. The first-order valence-corrected chi connectivity index (χ1v) is 7.07. The predicted octanol–water partition coefficient (Wildman–Crippen LogP) is 4.10. The fourth-order valence-electron chi connectivity index (χ4n) is 2.11. The largest absolute Gasteiger partial charge is 0.405 e. The monoisotopic (exact) mass is 306 g/mol. The molecule has 0 saturated heterocycles. The summed E-state index contributed by atoms with van der Waals surface area (Å²) in [7, 11) is 0. The van der Waals surface area contributed by atoms with E-state index in [9.17, 15) is 17.6 Å². The van der Waals surface area contributed by atoms with Crippen molar-refractivity contribution in [2.75, 3.05) is 18.0 Å². The number of rotatable bonds is 7. The van der Waals surface area contributed by atoms with Crippen molar-refractivity contribution in [2.45, 2.75) is 46.0 Å². The third-order valence-electron chi connectivity index (χ3n) is 3.07. The number of hydrogen-bond donors (Lipinski definition) is 1. The Balaban J connectivity index is 3.05. The van der Waals surface area contributed by atoms with Crippen molar-refractivity contribution >= 4 is 5.69 Å². The molecule has 0 heterocycles. The van der Waals surface area contributed by atoms with Crippen LogP contribution in [-0.4, -0.2) is 25.3 Å². The van der Waals surface area contributed by atoms with Crippen LogP contribution in [0.3, 0.4) is 0 Å². The van der Waals surface area contributed by atoms with Crippen LogP contribution >= 0.6 is 0 Å². The number of hydrogen-bond acceptors (Lipinski definition) is 2. The van der Waals surface area contributed by atoms with E-state index in [4.69, 9.17) is 0 Å². The topological polar surface area (TPSA) is 15.3 Å². The van der Waals surface area contributed by atoms with Gasteiger partial charge in [-0.25, -0.2) is 4.39 Å². The molecule has 21 heavy (non-hydrogen) atoms. The summed E-state index contributed by atoms with van der Waals surface area (Å²) in [5.41, 5.74) is 0.966. The Morgan fingerprint density at radius 3 is 2.43 bits per heavy atom. The van der Waals surface area contributed by atoms with Crippen molar-refractivity contribution in [3.63, 3.8) is 0 Å². The Kier molecular flexibility index (Phi) is 6.45. The molecule has 0 aliphatic heterocycles. The molecule has 0 bridgehead atoms. The normalized spacial score (nSPS) is 12.0. The first-order valence-electron chi connectivity index (χ1n) is 7.07. The van der Waals surface area contributed by atoms with Gasteiger partial charge in [0.1, 0.15) is 12.4 Å². The molecular formula is C15H22F4N2. The third-order valence-corrected chi connectivity index (χ3v) is 3.07. The van der Waals surface area contributed by atoms with Crippen LogP contribution in [0.5, 0.6) is 0 Å². The van der Waals surface area contributed by atoms with E-state index in [1.807, 2.05) is 6.92 Å². The van der Waals surface area contributed by atoms with Crippen LogP contribution in [0.4, 0.5) is 23.2 Å². The van der Waals surface area contributed by atoms with E-state index < -0.39 is 18.5 Å². The molecule has 0 radical (unpaired) electrons. The van der Waals surface area contributed by atoms with E-state index in [2.05, 4.69) is 5.32 Å². The Hall–Kier alpha value is -1.30. The first-order chi connectivity index (χ1) is 9.74. The van der Waals surface area contributed by atoms with Crippen molar-refractivity contribution in [3.8, 4) is 0 Å². The minimum Gasteiger partial charge on any atom is -0.360 e. The Morgan fingerprint density at radius 2 is 1.90 bits per heavy atom. The van der Waals surface area contributed by atoms with Gasteiger partial charge in [0.25, 0.3) is 0 Å². The number of anilines is 1. The molecule has 1 aromatic carbocycles. The van der Waals surface area contributed by atoms with Gasteiger partial charge in [-0.2, -0.15) is 13.2 Å². The lowest BCUT2D eigenvalue weighted by Crippen LogP contribution is -2.40. The molecule has 0 amide bonds. The zero-order chi connectivity index (χ0) is 16.0. The van der Waals surface area contributed by atoms with Gasteiger partial charge in [0.2, 0.25) is 0 Å². The van der Waals surface area contributed by atoms with E-state index in [1.54, 1.807) is 13.8 Å². The lowest BCUT2D eigenvalue weighted by atomic mass is 10.1. The number of alkyl halides is 3. The van der Waals surface area contributed by atoms with Crippen LogP contribution in [0.2, 0.25) is 0 Å². The molecule has 120 valence electrons. The summed E-state index contributed by atoms with van der Waals surface area (Å²) in [6.07, 6.45) is -3.39. The van der Waals surface area contributed by atoms with Crippen LogP contribution in [0.1, 0.15) is 32.8 Å². The predicted molar refractivity (Wildman–Crippen MR) is 76.9 cm³/mol. The molecule has 0 aliphatic carbocycles. The van der Waals surface area contributed by atoms with Crippen molar-refractivity contribution < 1.29 is 17.6 Å². The number of benzene rings is 1. The summed E-state index contributed by atoms with van der Waals surface area (Å²) >= 11 is 0. The smallest absolute Gasteiger partial charge is 0.360 e. The maximum Gasteiger partial charge on any atom is 0.405 e. The number of nitrogens with one attached hydrogen (secondary N) is 1. The molecular weight excluding hydrogens is 284 g/mol. The van der Waals surface area contributed by atoms with Crippen LogP contribution in [0, 0.1) is 5.82 Å². The molecule has 2 nitrogen and oxygen atoms in total. The molecule has 0 aromatic heterocycles. The van der Waals surface area contributed by atoms with Crippen molar-refractivity contribution in [3.05, 3.63) is 29.6 Å². The standard InChI is InChI=1S/C15H22F4N2/c1-4-7-20-9-12-8-13(16)5-6-14(12)21(11(2)3)10-15(17,18)19/h5-6,8,11,20H,4,7,9-10H2,1-3H3. The highest BCUT2D eigenvalue weighted by molar-refractivity contribution is 5.54. The molecule has 1 aromatic rings.